The third kappa shape index (κ3) is 4.49. The van der Waals surface area contributed by atoms with Crippen LogP contribution in [0.3, 0.4) is 0 Å². The number of benzene rings is 2. The van der Waals surface area contributed by atoms with Gasteiger partial charge in [-0.25, -0.2) is 18.2 Å². The number of H-pyrrole nitrogens is 1. The summed E-state index contributed by atoms with van der Waals surface area (Å²) >= 11 is 0. The molecule has 0 fully saturated rings. The third-order valence-electron chi connectivity index (χ3n) is 4.64. The summed E-state index contributed by atoms with van der Waals surface area (Å²) in [6.07, 6.45) is -4.81. The van der Waals surface area contributed by atoms with Crippen molar-refractivity contribution in [2.75, 3.05) is 21.3 Å². The number of aromatic nitrogens is 2. The van der Waals surface area contributed by atoms with Gasteiger partial charge in [-0.3, -0.25) is 4.79 Å². The second-order valence-electron chi connectivity index (χ2n) is 6.49. The van der Waals surface area contributed by atoms with Crippen LogP contribution in [-0.4, -0.2) is 39.9 Å². The molecule has 0 saturated heterocycles. The molecule has 0 aliphatic heterocycles. The van der Waals surface area contributed by atoms with E-state index in [1.807, 2.05) is 4.72 Å². The number of sulfonamides is 1. The summed E-state index contributed by atoms with van der Waals surface area (Å²) < 4.78 is 77.0. The summed E-state index contributed by atoms with van der Waals surface area (Å²) in [6.45, 7) is 0. The van der Waals surface area contributed by atoms with E-state index in [0.717, 1.165) is 19.2 Å². The van der Waals surface area contributed by atoms with Crippen LogP contribution >= 0.6 is 0 Å². The summed E-state index contributed by atoms with van der Waals surface area (Å²) in [5.41, 5.74) is -2.01. The number of halogens is 3. The van der Waals surface area contributed by atoms with E-state index < -0.39 is 38.6 Å². The van der Waals surface area contributed by atoms with E-state index in [9.17, 15) is 26.4 Å². The molecule has 0 aliphatic carbocycles. The lowest BCUT2D eigenvalue weighted by molar-refractivity contribution is -0.138. The number of fused-ring (bicyclic) bond motifs is 1. The molecule has 12 heteroatoms. The van der Waals surface area contributed by atoms with Gasteiger partial charge in [0.25, 0.3) is 5.56 Å². The maximum Gasteiger partial charge on any atom is 0.416 e. The van der Waals surface area contributed by atoms with E-state index in [1.54, 1.807) is 0 Å². The minimum Gasteiger partial charge on any atom is -0.493 e. The van der Waals surface area contributed by atoms with Gasteiger partial charge < -0.3 is 9.47 Å². The van der Waals surface area contributed by atoms with Crippen LogP contribution in [0.25, 0.3) is 22.0 Å². The first-order valence-electron chi connectivity index (χ1n) is 8.77. The highest BCUT2D eigenvalue weighted by atomic mass is 32.2. The maximum atomic E-state index is 13.7. The molecule has 0 radical (unpaired) electrons. The molecule has 3 rings (SSSR count). The van der Waals surface area contributed by atoms with E-state index in [-0.39, 0.29) is 33.5 Å². The Balaban J connectivity index is 2.28. The molecule has 166 valence electrons. The molecular formula is C19H18F3N3O5S. The van der Waals surface area contributed by atoms with E-state index in [4.69, 9.17) is 9.47 Å². The van der Waals surface area contributed by atoms with Gasteiger partial charge in [0.1, 0.15) is 0 Å². The van der Waals surface area contributed by atoms with Crippen molar-refractivity contribution >= 4 is 20.8 Å². The largest absolute Gasteiger partial charge is 0.493 e. The lowest BCUT2D eigenvalue weighted by Gasteiger charge is -2.15. The number of nitrogens with one attached hydrogen (secondary N) is 2. The third-order valence-corrected chi connectivity index (χ3v) is 5.95. The van der Waals surface area contributed by atoms with Gasteiger partial charge in [-0.1, -0.05) is 12.1 Å². The van der Waals surface area contributed by atoms with Crippen LogP contribution in [0.15, 0.2) is 35.1 Å². The second-order valence-corrected chi connectivity index (χ2v) is 8.41. The molecule has 0 spiro atoms. The number of aromatic amines is 1. The number of nitrogens with zero attached hydrogens (tertiary/aromatic N) is 1. The van der Waals surface area contributed by atoms with Gasteiger partial charge in [-0.15, -0.1) is 0 Å². The fourth-order valence-electron chi connectivity index (χ4n) is 3.10. The van der Waals surface area contributed by atoms with Crippen molar-refractivity contribution in [3.8, 4) is 22.8 Å². The van der Waals surface area contributed by atoms with E-state index in [2.05, 4.69) is 10.2 Å². The molecule has 31 heavy (non-hydrogen) atoms. The average Bonchev–Trinajstić information content (AvgIpc) is 2.72. The molecule has 8 nitrogen and oxygen atoms in total. The molecule has 0 saturated carbocycles. The predicted molar refractivity (Wildman–Crippen MR) is 108 cm³/mol. The Labute approximate surface area is 175 Å². The molecule has 3 aromatic rings. The fourth-order valence-corrected chi connectivity index (χ4v) is 3.91. The zero-order valence-corrected chi connectivity index (χ0v) is 17.4. The monoisotopic (exact) mass is 457 g/mol. The molecule has 0 unspecified atom stereocenters. The molecule has 0 amide bonds. The quantitative estimate of drug-likeness (QED) is 0.589. The summed E-state index contributed by atoms with van der Waals surface area (Å²) in [5, 5.41) is 6.56. The zero-order valence-electron chi connectivity index (χ0n) is 16.6. The Morgan fingerprint density at radius 1 is 1.06 bits per heavy atom. The number of alkyl halides is 3. The molecule has 0 atom stereocenters. The van der Waals surface area contributed by atoms with Crippen LogP contribution in [0.4, 0.5) is 13.2 Å². The number of hydrogen-bond acceptors (Lipinski definition) is 6. The van der Waals surface area contributed by atoms with Crippen molar-refractivity contribution in [3.05, 3.63) is 51.8 Å². The lowest BCUT2D eigenvalue weighted by Crippen LogP contribution is -2.22. The van der Waals surface area contributed by atoms with E-state index in [1.165, 1.54) is 32.4 Å². The Bertz CT molecular complexity index is 1300. The average molecular weight is 457 g/mol. The molecule has 2 N–H and O–H groups in total. The highest BCUT2D eigenvalue weighted by molar-refractivity contribution is 7.88. The maximum absolute atomic E-state index is 13.7. The van der Waals surface area contributed by atoms with Crippen LogP contribution in [0.1, 0.15) is 11.1 Å². The SMILES string of the molecule is CNS(=O)(=O)Cc1ccc(-c2n[nH]c(=O)c3cc(OC)c(OC)cc23)cc1C(F)(F)F. The minimum absolute atomic E-state index is 0.0337. The van der Waals surface area contributed by atoms with Crippen molar-refractivity contribution in [1.82, 2.24) is 14.9 Å². The summed E-state index contributed by atoms with van der Waals surface area (Å²) in [6, 6.07) is 6.03. The van der Waals surface area contributed by atoms with Crippen molar-refractivity contribution in [3.63, 3.8) is 0 Å². The number of ether oxygens (including phenoxy) is 2. The predicted octanol–water partition coefficient (Wildman–Crippen LogP) is 2.68. The number of hydrogen-bond donors (Lipinski definition) is 2. The highest BCUT2D eigenvalue weighted by Gasteiger charge is 2.35. The van der Waals surface area contributed by atoms with Gasteiger partial charge in [0.05, 0.1) is 36.6 Å². The molecule has 1 heterocycles. The van der Waals surface area contributed by atoms with Crippen LogP contribution in [0.5, 0.6) is 11.5 Å². The molecule has 2 aromatic carbocycles. The Morgan fingerprint density at radius 2 is 1.68 bits per heavy atom. The van der Waals surface area contributed by atoms with Gasteiger partial charge in [-0.05, 0) is 30.8 Å². The zero-order chi connectivity index (χ0) is 23.0. The Hall–Kier alpha value is -3.12. The lowest BCUT2D eigenvalue weighted by atomic mass is 9.99. The molecule has 0 aliphatic rings. The Morgan fingerprint density at radius 3 is 2.23 bits per heavy atom. The normalized spacial score (nSPS) is 12.2. The van der Waals surface area contributed by atoms with Gasteiger partial charge >= 0.3 is 6.18 Å². The van der Waals surface area contributed by atoms with Crippen molar-refractivity contribution in [2.45, 2.75) is 11.9 Å². The van der Waals surface area contributed by atoms with Crippen molar-refractivity contribution in [2.24, 2.45) is 0 Å². The van der Waals surface area contributed by atoms with Gasteiger partial charge in [0.2, 0.25) is 10.0 Å². The molecule has 0 bridgehead atoms. The number of methoxy groups -OCH3 is 2. The van der Waals surface area contributed by atoms with Crippen molar-refractivity contribution < 1.29 is 31.1 Å². The first kappa shape index (κ1) is 22.6. The van der Waals surface area contributed by atoms with E-state index in [0.29, 0.717) is 0 Å². The van der Waals surface area contributed by atoms with E-state index >= 15 is 0 Å². The smallest absolute Gasteiger partial charge is 0.416 e. The number of rotatable bonds is 6. The summed E-state index contributed by atoms with van der Waals surface area (Å²) in [4.78, 5) is 12.2. The standard InChI is InChI=1S/C19H18F3N3O5S/c1-23-31(27,28)9-11-5-4-10(6-14(11)19(20,21)22)17-12-7-15(29-2)16(30-3)8-13(12)18(26)25-24-17/h4-8,23H,9H2,1-3H3,(H,25,26). The van der Waals surface area contributed by atoms with Gasteiger partial charge in [0.15, 0.2) is 11.5 Å². The minimum atomic E-state index is -4.81. The summed E-state index contributed by atoms with van der Waals surface area (Å²) in [5.74, 6) is -0.318. The van der Waals surface area contributed by atoms with Gasteiger partial charge in [-0.2, -0.15) is 18.3 Å². The van der Waals surface area contributed by atoms with Gasteiger partial charge in [0, 0.05) is 10.9 Å². The van der Waals surface area contributed by atoms with Crippen molar-refractivity contribution in [1.29, 1.82) is 0 Å². The Kier molecular flexibility index (Phi) is 5.96. The van der Waals surface area contributed by atoms with Crippen LogP contribution in [0.2, 0.25) is 0 Å². The van der Waals surface area contributed by atoms with Crippen LogP contribution in [-0.2, 0) is 22.0 Å². The highest BCUT2D eigenvalue weighted by Crippen LogP contribution is 2.38. The topological polar surface area (TPSA) is 110 Å². The first-order valence-corrected chi connectivity index (χ1v) is 10.4. The van der Waals surface area contributed by atoms with Crippen LogP contribution < -0.4 is 19.8 Å². The summed E-state index contributed by atoms with van der Waals surface area (Å²) in [7, 11) is -0.0532. The first-order chi connectivity index (χ1) is 14.5. The molecule has 1 aromatic heterocycles. The molecular weight excluding hydrogens is 439 g/mol. The van der Waals surface area contributed by atoms with Crippen LogP contribution in [0, 0.1) is 0 Å². The fraction of sp³-hybridized carbons (Fsp3) is 0.263. The second kappa shape index (κ2) is 8.19.